The number of halogens is 5. The number of nitrogens with two attached hydrogens (primary N) is 1. The van der Waals surface area contributed by atoms with Crippen LogP contribution in [0.25, 0.3) is 0 Å². The maximum Gasteiger partial charge on any atom is 0.416 e. The van der Waals surface area contributed by atoms with Crippen LogP contribution in [0.1, 0.15) is 5.56 Å². The normalized spacial score (nSPS) is 11.4. The summed E-state index contributed by atoms with van der Waals surface area (Å²) in [5.74, 6) is -0.565. The topological polar surface area (TPSA) is 38.0 Å². The Labute approximate surface area is 117 Å². The van der Waals surface area contributed by atoms with Crippen LogP contribution in [0.3, 0.4) is 0 Å². The second-order valence-corrected chi connectivity index (χ2v) is 4.46. The van der Waals surface area contributed by atoms with Crippen LogP contribution < -0.4 is 11.1 Å². The van der Waals surface area contributed by atoms with E-state index in [0.717, 1.165) is 30.3 Å². The van der Waals surface area contributed by atoms with E-state index in [1.165, 1.54) is 6.07 Å². The van der Waals surface area contributed by atoms with E-state index in [0.29, 0.717) is 0 Å². The molecule has 0 atom stereocenters. The van der Waals surface area contributed by atoms with Gasteiger partial charge in [0.15, 0.2) is 0 Å². The zero-order valence-electron chi connectivity index (χ0n) is 9.93. The van der Waals surface area contributed by atoms with E-state index in [1.807, 2.05) is 0 Å². The molecule has 2 rings (SSSR count). The fraction of sp³-hybridized carbons (Fsp3) is 0.0769. The summed E-state index contributed by atoms with van der Waals surface area (Å²) >= 11 is 5.82. The molecule has 0 bridgehead atoms. The first-order chi connectivity index (χ1) is 9.27. The highest BCUT2D eigenvalue weighted by Gasteiger charge is 2.31. The Morgan fingerprint density at radius 1 is 1.00 bits per heavy atom. The van der Waals surface area contributed by atoms with Gasteiger partial charge < -0.3 is 11.1 Å². The monoisotopic (exact) mass is 304 g/mol. The molecule has 0 unspecified atom stereocenters. The van der Waals surface area contributed by atoms with Crippen molar-refractivity contribution in [3.05, 3.63) is 52.8 Å². The van der Waals surface area contributed by atoms with Crippen molar-refractivity contribution in [2.24, 2.45) is 0 Å². The number of anilines is 3. The van der Waals surface area contributed by atoms with Crippen molar-refractivity contribution in [1.82, 2.24) is 0 Å². The van der Waals surface area contributed by atoms with Crippen LogP contribution in [0, 0.1) is 5.82 Å². The smallest absolute Gasteiger partial charge is 0.397 e. The Kier molecular flexibility index (Phi) is 3.76. The van der Waals surface area contributed by atoms with E-state index in [-0.39, 0.29) is 22.1 Å². The molecule has 106 valence electrons. The molecule has 0 aliphatic carbocycles. The van der Waals surface area contributed by atoms with Gasteiger partial charge in [0.2, 0.25) is 0 Å². The van der Waals surface area contributed by atoms with Gasteiger partial charge in [-0.3, -0.25) is 0 Å². The van der Waals surface area contributed by atoms with E-state index in [4.69, 9.17) is 17.3 Å². The molecular formula is C13H9ClF4N2. The minimum Gasteiger partial charge on any atom is -0.397 e. The third-order valence-corrected chi connectivity index (χ3v) is 2.91. The van der Waals surface area contributed by atoms with Gasteiger partial charge >= 0.3 is 6.18 Å². The number of rotatable bonds is 2. The summed E-state index contributed by atoms with van der Waals surface area (Å²) < 4.78 is 51.0. The van der Waals surface area contributed by atoms with Gasteiger partial charge in [0.25, 0.3) is 0 Å². The average molecular weight is 305 g/mol. The fourth-order valence-electron chi connectivity index (χ4n) is 1.58. The largest absolute Gasteiger partial charge is 0.416 e. The number of benzene rings is 2. The first kappa shape index (κ1) is 14.5. The molecule has 7 heteroatoms. The van der Waals surface area contributed by atoms with E-state index >= 15 is 0 Å². The molecule has 0 saturated heterocycles. The lowest BCUT2D eigenvalue weighted by atomic mass is 10.2. The number of hydrogen-bond donors (Lipinski definition) is 2. The second kappa shape index (κ2) is 5.20. The molecule has 2 aromatic carbocycles. The van der Waals surface area contributed by atoms with Crippen molar-refractivity contribution < 1.29 is 17.6 Å². The third-order valence-electron chi connectivity index (χ3n) is 2.58. The van der Waals surface area contributed by atoms with Crippen LogP contribution in [-0.4, -0.2) is 0 Å². The minimum absolute atomic E-state index is 0.00112. The van der Waals surface area contributed by atoms with Crippen molar-refractivity contribution in [3.8, 4) is 0 Å². The van der Waals surface area contributed by atoms with Crippen LogP contribution in [0.2, 0.25) is 5.02 Å². The van der Waals surface area contributed by atoms with Crippen LogP contribution in [-0.2, 0) is 6.18 Å². The summed E-state index contributed by atoms with van der Waals surface area (Å²) in [5, 5.41) is 2.67. The highest BCUT2D eigenvalue weighted by molar-refractivity contribution is 6.33. The van der Waals surface area contributed by atoms with Crippen LogP contribution in [0.4, 0.5) is 34.6 Å². The van der Waals surface area contributed by atoms with E-state index in [9.17, 15) is 17.6 Å². The van der Waals surface area contributed by atoms with Crippen LogP contribution >= 0.6 is 11.6 Å². The summed E-state index contributed by atoms with van der Waals surface area (Å²) in [6.45, 7) is 0. The lowest BCUT2D eigenvalue weighted by Crippen LogP contribution is -2.06. The lowest BCUT2D eigenvalue weighted by Gasteiger charge is -2.13. The highest BCUT2D eigenvalue weighted by Crippen LogP contribution is 2.35. The summed E-state index contributed by atoms with van der Waals surface area (Å²) in [5.41, 5.74) is 5.09. The molecule has 0 saturated carbocycles. The predicted octanol–water partition coefficient (Wildman–Crippen LogP) is 4.82. The predicted molar refractivity (Wildman–Crippen MR) is 70.5 cm³/mol. The molecule has 0 aliphatic rings. The van der Waals surface area contributed by atoms with Crippen molar-refractivity contribution in [2.75, 3.05) is 11.1 Å². The Morgan fingerprint density at radius 3 is 2.35 bits per heavy atom. The van der Waals surface area contributed by atoms with Crippen molar-refractivity contribution >= 4 is 28.7 Å². The average Bonchev–Trinajstić information content (AvgIpc) is 2.35. The standard InChI is InChI=1S/C13H9ClF4N2/c14-9-3-1-7(13(16,17)18)5-11(9)20-12-6-8(15)2-4-10(12)19/h1-6,20H,19H2. The van der Waals surface area contributed by atoms with E-state index in [2.05, 4.69) is 5.32 Å². The first-order valence-electron chi connectivity index (χ1n) is 5.46. The molecule has 0 fully saturated rings. The Bertz CT molecular complexity index is 641. The Balaban J connectivity index is 2.40. The molecule has 3 N–H and O–H groups in total. The molecule has 0 aromatic heterocycles. The zero-order chi connectivity index (χ0) is 14.9. The third kappa shape index (κ3) is 3.14. The highest BCUT2D eigenvalue weighted by atomic mass is 35.5. The molecule has 0 amide bonds. The number of nitrogens with one attached hydrogen (secondary N) is 1. The van der Waals surface area contributed by atoms with Gasteiger partial charge in [-0.25, -0.2) is 4.39 Å². The zero-order valence-corrected chi connectivity index (χ0v) is 10.7. The maximum atomic E-state index is 13.1. The van der Waals surface area contributed by atoms with Gasteiger partial charge in [0.05, 0.1) is 27.6 Å². The van der Waals surface area contributed by atoms with Crippen LogP contribution in [0.15, 0.2) is 36.4 Å². The maximum absolute atomic E-state index is 13.1. The second-order valence-electron chi connectivity index (χ2n) is 4.05. The molecule has 0 heterocycles. The summed E-state index contributed by atoms with van der Waals surface area (Å²) in [7, 11) is 0. The number of nitrogen functional groups attached to an aromatic ring is 1. The molecule has 0 aliphatic heterocycles. The molecule has 2 nitrogen and oxygen atoms in total. The molecule has 0 spiro atoms. The number of alkyl halides is 3. The minimum atomic E-state index is -4.49. The quantitative estimate of drug-likeness (QED) is 0.616. The van der Waals surface area contributed by atoms with Gasteiger partial charge in [-0.15, -0.1) is 0 Å². The molecule has 2 aromatic rings. The first-order valence-corrected chi connectivity index (χ1v) is 5.84. The van der Waals surface area contributed by atoms with E-state index in [1.54, 1.807) is 0 Å². The van der Waals surface area contributed by atoms with Gasteiger partial charge in [-0.1, -0.05) is 11.6 Å². The fourth-order valence-corrected chi connectivity index (χ4v) is 1.74. The van der Waals surface area contributed by atoms with Crippen molar-refractivity contribution in [1.29, 1.82) is 0 Å². The van der Waals surface area contributed by atoms with Gasteiger partial charge in [0.1, 0.15) is 5.82 Å². The summed E-state index contributed by atoms with van der Waals surface area (Å²) in [4.78, 5) is 0. The van der Waals surface area contributed by atoms with E-state index < -0.39 is 17.6 Å². The van der Waals surface area contributed by atoms with Gasteiger partial charge in [-0.2, -0.15) is 13.2 Å². The van der Waals surface area contributed by atoms with Gasteiger partial charge in [0, 0.05) is 0 Å². The number of hydrogen-bond acceptors (Lipinski definition) is 2. The van der Waals surface area contributed by atoms with Crippen molar-refractivity contribution in [3.63, 3.8) is 0 Å². The van der Waals surface area contributed by atoms with Crippen molar-refractivity contribution in [2.45, 2.75) is 6.18 Å². The van der Waals surface area contributed by atoms with Crippen LogP contribution in [0.5, 0.6) is 0 Å². The summed E-state index contributed by atoms with van der Waals surface area (Å²) in [6.07, 6.45) is -4.49. The molecule has 20 heavy (non-hydrogen) atoms. The van der Waals surface area contributed by atoms with Gasteiger partial charge in [-0.05, 0) is 36.4 Å². The Morgan fingerprint density at radius 2 is 1.70 bits per heavy atom. The lowest BCUT2D eigenvalue weighted by molar-refractivity contribution is -0.137. The summed E-state index contributed by atoms with van der Waals surface area (Å²) in [6, 6.07) is 6.34. The molecule has 0 radical (unpaired) electrons. The SMILES string of the molecule is Nc1ccc(F)cc1Nc1cc(C(F)(F)F)ccc1Cl. The Hall–Kier alpha value is -1.95. The molecular weight excluding hydrogens is 296 g/mol.